The summed E-state index contributed by atoms with van der Waals surface area (Å²) in [6.45, 7) is 2.18. The Labute approximate surface area is 146 Å². The molecule has 0 N–H and O–H groups in total. The Kier molecular flexibility index (Phi) is 5.19. The number of methoxy groups -OCH3 is 2. The summed E-state index contributed by atoms with van der Waals surface area (Å²) in [7, 11) is 3.04. The van der Waals surface area contributed by atoms with Crippen LogP contribution in [-0.4, -0.2) is 44.7 Å². The van der Waals surface area contributed by atoms with Gasteiger partial charge in [-0.3, -0.25) is 9.69 Å². The summed E-state index contributed by atoms with van der Waals surface area (Å²) >= 11 is 0. The minimum atomic E-state index is -0.386. The van der Waals surface area contributed by atoms with Gasteiger partial charge >= 0.3 is 0 Å². The van der Waals surface area contributed by atoms with Gasteiger partial charge in [0.05, 0.1) is 26.5 Å². The lowest BCUT2D eigenvalue weighted by Crippen LogP contribution is -2.50. The molecule has 2 aromatic carbocycles. The maximum Gasteiger partial charge on any atom is 0.241 e. The Morgan fingerprint density at radius 3 is 2.52 bits per heavy atom. The third kappa shape index (κ3) is 3.74. The number of para-hydroxylation sites is 2. The zero-order chi connectivity index (χ0) is 17.8. The van der Waals surface area contributed by atoms with Gasteiger partial charge in [-0.1, -0.05) is 18.2 Å². The quantitative estimate of drug-likeness (QED) is 0.836. The van der Waals surface area contributed by atoms with E-state index >= 15 is 0 Å². The zero-order valence-corrected chi connectivity index (χ0v) is 14.4. The molecule has 132 valence electrons. The third-order valence-electron chi connectivity index (χ3n) is 4.30. The number of rotatable bonds is 5. The van der Waals surface area contributed by atoms with Crippen LogP contribution in [0.2, 0.25) is 0 Å². The van der Waals surface area contributed by atoms with Gasteiger partial charge in [0.25, 0.3) is 0 Å². The van der Waals surface area contributed by atoms with Gasteiger partial charge < -0.3 is 14.4 Å². The van der Waals surface area contributed by atoms with Crippen molar-refractivity contribution in [2.45, 2.75) is 6.54 Å². The van der Waals surface area contributed by atoms with Crippen LogP contribution in [-0.2, 0) is 11.3 Å². The monoisotopic (exact) mass is 344 g/mol. The highest BCUT2D eigenvalue weighted by atomic mass is 19.1. The highest BCUT2D eigenvalue weighted by Crippen LogP contribution is 2.29. The molecule has 1 saturated heterocycles. The topological polar surface area (TPSA) is 42.0 Å². The van der Waals surface area contributed by atoms with Gasteiger partial charge in [-0.2, -0.15) is 0 Å². The smallest absolute Gasteiger partial charge is 0.241 e. The standard InChI is InChI=1S/C19H21FN2O3/c1-24-17-6-4-3-5-16(17)22-10-9-21(13-19(22)23)12-14-7-8-15(20)18(11-14)25-2/h3-8,11H,9-10,12-13H2,1-2H3. The van der Waals surface area contributed by atoms with Crippen molar-refractivity contribution in [3.05, 3.63) is 53.8 Å². The Balaban J connectivity index is 1.69. The fraction of sp³-hybridized carbons (Fsp3) is 0.316. The molecule has 0 radical (unpaired) electrons. The van der Waals surface area contributed by atoms with E-state index in [0.717, 1.165) is 17.8 Å². The summed E-state index contributed by atoms with van der Waals surface area (Å²) in [5.41, 5.74) is 1.70. The number of hydrogen-bond donors (Lipinski definition) is 0. The van der Waals surface area contributed by atoms with Crippen LogP contribution < -0.4 is 14.4 Å². The number of nitrogens with zero attached hydrogens (tertiary/aromatic N) is 2. The molecule has 6 heteroatoms. The normalized spacial score (nSPS) is 15.3. The van der Waals surface area contributed by atoms with Gasteiger partial charge in [0.2, 0.25) is 5.91 Å². The second-order valence-electron chi connectivity index (χ2n) is 5.90. The molecule has 0 aromatic heterocycles. The SMILES string of the molecule is COc1cc(CN2CCN(c3ccccc3OC)C(=O)C2)ccc1F. The van der Waals surface area contributed by atoms with Crippen molar-refractivity contribution >= 4 is 11.6 Å². The predicted molar refractivity (Wildman–Crippen MR) is 93.6 cm³/mol. The zero-order valence-electron chi connectivity index (χ0n) is 14.4. The van der Waals surface area contributed by atoms with Crippen molar-refractivity contribution < 1.29 is 18.7 Å². The minimum Gasteiger partial charge on any atom is -0.495 e. The average molecular weight is 344 g/mol. The van der Waals surface area contributed by atoms with E-state index in [1.807, 2.05) is 29.2 Å². The Morgan fingerprint density at radius 1 is 1.04 bits per heavy atom. The highest BCUT2D eigenvalue weighted by Gasteiger charge is 2.26. The summed E-state index contributed by atoms with van der Waals surface area (Å²) in [4.78, 5) is 16.4. The molecule has 1 fully saturated rings. The number of hydrogen-bond acceptors (Lipinski definition) is 4. The number of anilines is 1. The first kappa shape index (κ1) is 17.2. The van der Waals surface area contributed by atoms with Crippen LogP contribution in [0.4, 0.5) is 10.1 Å². The van der Waals surface area contributed by atoms with Crippen LogP contribution in [0.3, 0.4) is 0 Å². The Morgan fingerprint density at radius 2 is 1.80 bits per heavy atom. The average Bonchev–Trinajstić information content (AvgIpc) is 2.63. The molecule has 1 heterocycles. The van der Waals surface area contributed by atoms with E-state index in [-0.39, 0.29) is 17.5 Å². The van der Waals surface area contributed by atoms with E-state index < -0.39 is 0 Å². The van der Waals surface area contributed by atoms with Crippen molar-refractivity contribution in [2.24, 2.45) is 0 Å². The number of ether oxygens (including phenoxy) is 2. The summed E-state index contributed by atoms with van der Waals surface area (Å²) in [5, 5.41) is 0. The second kappa shape index (κ2) is 7.53. The number of piperazine rings is 1. The van der Waals surface area contributed by atoms with Crippen LogP contribution >= 0.6 is 0 Å². The summed E-state index contributed by atoms with van der Waals surface area (Å²) in [5.74, 6) is 0.539. The fourth-order valence-electron chi connectivity index (χ4n) is 3.03. The summed E-state index contributed by atoms with van der Waals surface area (Å²) in [6, 6.07) is 12.3. The maximum absolute atomic E-state index is 13.5. The molecule has 2 aromatic rings. The van der Waals surface area contributed by atoms with E-state index in [4.69, 9.17) is 9.47 Å². The predicted octanol–water partition coefficient (Wildman–Crippen LogP) is 2.69. The summed E-state index contributed by atoms with van der Waals surface area (Å²) < 4.78 is 23.9. The fourth-order valence-corrected chi connectivity index (χ4v) is 3.03. The maximum atomic E-state index is 13.5. The molecule has 25 heavy (non-hydrogen) atoms. The van der Waals surface area contributed by atoms with E-state index in [1.165, 1.54) is 13.2 Å². The third-order valence-corrected chi connectivity index (χ3v) is 4.30. The van der Waals surface area contributed by atoms with Crippen molar-refractivity contribution in [2.75, 3.05) is 38.8 Å². The van der Waals surface area contributed by atoms with Gasteiger partial charge in [0.1, 0.15) is 5.75 Å². The van der Waals surface area contributed by atoms with E-state index in [1.54, 1.807) is 24.1 Å². The second-order valence-corrected chi connectivity index (χ2v) is 5.90. The molecule has 0 bridgehead atoms. The molecule has 0 atom stereocenters. The van der Waals surface area contributed by atoms with Crippen LogP contribution in [0.15, 0.2) is 42.5 Å². The largest absolute Gasteiger partial charge is 0.495 e. The molecular formula is C19H21FN2O3. The van der Waals surface area contributed by atoms with Crippen LogP contribution in [0.1, 0.15) is 5.56 Å². The van der Waals surface area contributed by atoms with Crippen molar-refractivity contribution in [3.63, 3.8) is 0 Å². The van der Waals surface area contributed by atoms with Gasteiger partial charge in [-0.25, -0.2) is 4.39 Å². The molecule has 1 aliphatic heterocycles. The lowest BCUT2D eigenvalue weighted by Gasteiger charge is -2.34. The van der Waals surface area contributed by atoms with Gasteiger partial charge in [0, 0.05) is 19.6 Å². The van der Waals surface area contributed by atoms with Gasteiger partial charge in [-0.15, -0.1) is 0 Å². The van der Waals surface area contributed by atoms with E-state index in [0.29, 0.717) is 25.4 Å². The van der Waals surface area contributed by atoms with Crippen molar-refractivity contribution in [1.82, 2.24) is 4.90 Å². The molecule has 3 rings (SSSR count). The molecule has 0 saturated carbocycles. The van der Waals surface area contributed by atoms with Crippen molar-refractivity contribution in [1.29, 1.82) is 0 Å². The molecule has 1 aliphatic rings. The van der Waals surface area contributed by atoms with Gasteiger partial charge in [-0.05, 0) is 29.8 Å². The first-order valence-corrected chi connectivity index (χ1v) is 8.10. The first-order chi connectivity index (χ1) is 12.1. The molecular weight excluding hydrogens is 323 g/mol. The Hall–Kier alpha value is -2.60. The van der Waals surface area contributed by atoms with Crippen LogP contribution in [0.25, 0.3) is 0 Å². The number of halogens is 1. The number of carbonyl (C=O) groups excluding carboxylic acids is 1. The number of benzene rings is 2. The van der Waals surface area contributed by atoms with Gasteiger partial charge in [0.15, 0.2) is 11.6 Å². The minimum absolute atomic E-state index is 0.0184. The molecule has 5 nitrogen and oxygen atoms in total. The molecule has 0 aliphatic carbocycles. The van der Waals surface area contributed by atoms with Crippen LogP contribution in [0.5, 0.6) is 11.5 Å². The highest BCUT2D eigenvalue weighted by molar-refractivity contribution is 5.96. The molecule has 0 spiro atoms. The first-order valence-electron chi connectivity index (χ1n) is 8.10. The van der Waals surface area contributed by atoms with E-state index in [2.05, 4.69) is 0 Å². The summed E-state index contributed by atoms with van der Waals surface area (Å²) in [6.07, 6.45) is 0. The van der Waals surface area contributed by atoms with E-state index in [9.17, 15) is 9.18 Å². The molecule has 1 amide bonds. The molecule has 0 unspecified atom stereocenters. The lowest BCUT2D eigenvalue weighted by molar-refractivity contribution is -0.121. The van der Waals surface area contributed by atoms with Crippen molar-refractivity contribution in [3.8, 4) is 11.5 Å². The van der Waals surface area contributed by atoms with Crippen LogP contribution in [0, 0.1) is 5.82 Å². The lowest BCUT2D eigenvalue weighted by atomic mass is 10.1. The number of amides is 1. The Bertz CT molecular complexity index is 766. The number of carbonyl (C=O) groups is 1.